The first-order valence-electron chi connectivity index (χ1n) is 5.72. The van der Waals surface area contributed by atoms with Gasteiger partial charge in [0.15, 0.2) is 0 Å². The van der Waals surface area contributed by atoms with E-state index < -0.39 is 7.60 Å². The van der Waals surface area contributed by atoms with Gasteiger partial charge in [0, 0.05) is 4.47 Å². The van der Waals surface area contributed by atoms with Crippen molar-refractivity contribution >= 4 is 23.5 Å². The zero-order valence-electron chi connectivity index (χ0n) is 10.2. The summed E-state index contributed by atoms with van der Waals surface area (Å²) in [6.45, 7) is 4.48. The Labute approximate surface area is 111 Å². The van der Waals surface area contributed by atoms with Crippen molar-refractivity contribution in [1.29, 1.82) is 0 Å². The molecule has 0 aromatic heterocycles. The van der Waals surface area contributed by atoms with Crippen LogP contribution in [0.15, 0.2) is 28.7 Å². The molecule has 0 saturated carbocycles. The maximum absolute atomic E-state index is 12.2. The molecule has 0 aliphatic heterocycles. The first kappa shape index (κ1) is 14.9. The highest BCUT2D eigenvalue weighted by Crippen LogP contribution is 2.48. The molecule has 17 heavy (non-hydrogen) atoms. The number of aryl methyl sites for hydroxylation is 1. The van der Waals surface area contributed by atoms with Crippen LogP contribution in [0.2, 0.25) is 0 Å². The van der Waals surface area contributed by atoms with E-state index >= 15 is 0 Å². The predicted molar refractivity (Wildman–Crippen MR) is 73.6 cm³/mol. The van der Waals surface area contributed by atoms with Crippen molar-refractivity contribution in [3.05, 3.63) is 34.3 Å². The maximum Gasteiger partial charge on any atom is 0.330 e. The van der Waals surface area contributed by atoms with Gasteiger partial charge in [-0.15, -0.1) is 0 Å². The van der Waals surface area contributed by atoms with Crippen molar-refractivity contribution in [3.8, 4) is 0 Å². The zero-order chi connectivity index (χ0) is 12.7. The van der Waals surface area contributed by atoms with E-state index in [1.165, 1.54) is 0 Å². The molecule has 1 rings (SSSR count). The van der Waals surface area contributed by atoms with E-state index in [-0.39, 0.29) is 0 Å². The van der Waals surface area contributed by atoms with Gasteiger partial charge in [0.1, 0.15) is 0 Å². The van der Waals surface area contributed by atoms with Gasteiger partial charge in [0.05, 0.1) is 19.4 Å². The van der Waals surface area contributed by atoms with Crippen molar-refractivity contribution < 1.29 is 13.6 Å². The molecule has 0 radical (unpaired) electrons. The maximum atomic E-state index is 12.2. The normalized spacial score (nSPS) is 11.7. The van der Waals surface area contributed by atoms with Crippen LogP contribution < -0.4 is 0 Å². The second kappa shape index (κ2) is 7.32. The Morgan fingerprint density at radius 2 is 1.65 bits per heavy atom. The molecule has 1 aromatic carbocycles. The number of hydrogen-bond donors (Lipinski definition) is 0. The van der Waals surface area contributed by atoms with Gasteiger partial charge >= 0.3 is 7.60 Å². The molecule has 0 saturated heterocycles. The second-order valence-corrected chi connectivity index (χ2v) is 6.65. The van der Waals surface area contributed by atoms with E-state index in [0.29, 0.717) is 25.8 Å². The minimum absolute atomic E-state index is 0.414. The highest BCUT2D eigenvalue weighted by atomic mass is 79.9. The molecule has 96 valence electrons. The van der Waals surface area contributed by atoms with Crippen LogP contribution in [0.1, 0.15) is 19.4 Å². The van der Waals surface area contributed by atoms with Gasteiger partial charge < -0.3 is 9.05 Å². The first-order valence-corrected chi connectivity index (χ1v) is 8.24. The molecule has 0 atom stereocenters. The summed E-state index contributed by atoms with van der Waals surface area (Å²) in [5.74, 6) is 0. The van der Waals surface area contributed by atoms with Gasteiger partial charge in [-0.3, -0.25) is 4.57 Å². The minimum Gasteiger partial charge on any atom is -0.309 e. The molecule has 0 heterocycles. The summed E-state index contributed by atoms with van der Waals surface area (Å²) in [5.41, 5.74) is 1.13. The smallest absolute Gasteiger partial charge is 0.309 e. The summed E-state index contributed by atoms with van der Waals surface area (Å²) in [7, 11) is -2.91. The van der Waals surface area contributed by atoms with E-state index in [1.54, 1.807) is 0 Å². The summed E-state index contributed by atoms with van der Waals surface area (Å²) in [4.78, 5) is 0. The quantitative estimate of drug-likeness (QED) is 0.704. The Morgan fingerprint density at radius 1 is 1.12 bits per heavy atom. The number of hydrogen-bond acceptors (Lipinski definition) is 3. The van der Waals surface area contributed by atoms with Crippen LogP contribution in [-0.2, 0) is 20.0 Å². The lowest BCUT2D eigenvalue weighted by molar-refractivity contribution is 0.220. The lowest BCUT2D eigenvalue weighted by atomic mass is 10.2. The van der Waals surface area contributed by atoms with Crippen molar-refractivity contribution in [3.63, 3.8) is 0 Å². The van der Waals surface area contributed by atoms with Crippen molar-refractivity contribution in [2.75, 3.05) is 19.4 Å². The predicted octanol–water partition coefficient (Wildman–Crippen LogP) is 4.26. The van der Waals surface area contributed by atoms with Crippen LogP contribution in [0.25, 0.3) is 0 Å². The van der Waals surface area contributed by atoms with E-state index in [1.807, 2.05) is 38.1 Å². The fourth-order valence-electron chi connectivity index (χ4n) is 1.48. The second-order valence-electron chi connectivity index (χ2n) is 3.55. The molecule has 0 bridgehead atoms. The molecular weight excluding hydrogens is 303 g/mol. The summed E-state index contributed by atoms with van der Waals surface area (Å²) in [5, 5.41) is 0. The molecule has 0 aliphatic rings. The Morgan fingerprint density at radius 3 is 2.12 bits per heavy atom. The molecule has 3 nitrogen and oxygen atoms in total. The van der Waals surface area contributed by atoms with Crippen LogP contribution in [0, 0.1) is 0 Å². The fourth-order valence-corrected chi connectivity index (χ4v) is 3.39. The molecule has 0 aliphatic carbocycles. The molecule has 0 N–H and O–H groups in total. The topological polar surface area (TPSA) is 35.5 Å². The van der Waals surface area contributed by atoms with Gasteiger partial charge in [-0.1, -0.05) is 28.1 Å². The largest absolute Gasteiger partial charge is 0.330 e. The first-order chi connectivity index (χ1) is 8.09. The Kier molecular flexibility index (Phi) is 6.42. The third kappa shape index (κ3) is 5.35. The van der Waals surface area contributed by atoms with Crippen LogP contribution in [0.4, 0.5) is 0 Å². The number of benzene rings is 1. The highest BCUT2D eigenvalue weighted by molar-refractivity contribution is 9.10. The lowest BCUT2D eigenvalue weighted by Crippen LogP contribution is -2.02. The molecular formula is C12H18BrO3P. The average molecular weight is 321 g/mol. The van der Waals surface area contributed by atoms with Gasteiger partial charge in [0.2, 0.25) is 0 Å². The van der Waals surface area contributed by atoms with Crippen molar-refractivity contribution in [2.24, 2.45) is 0 Å². The average Bonchev–Trinajstić information content (AvgIpc) is 2.29. The van der Waals surface area contributed by atoms with E-state index in [4.69, 9.17) is 9.05 Å². The number of rotatable bonds is 7. The van der Waals surface area contributed by atoms with Gasteiger partial charge in [-0.05, 0) is 38.0 Å². The molecule has 5 heteroatoms. The van der Waals surface area contributed by atoms with Crippen LogP contribution in [0.5, 0.6) is 0 Å². The highest BCUT2D eigenvalue weighted by Gasteiger charge is 2.22. The van der Waals surface area contributed by atoms with Gasteiger partial charge in [-0.25, -0.2) is 0 Å². The van der Waals surface area contributed by atoms with Gasteiger partial charge in [0.25, 0.3) is 0 Å². The van der Waals surface area contributed by atoms with Crippen molar-refractivity contribution in [2.45, 2.75) is 20.3 Å². The fraction of sp³-hybridized carbons (Fsp3) is 0.500. The monoisotopic (exact) mass is 320 g/mol. The standard InChI is InChI=1S/C12H18BrO3P/c1-3-15-17(14,16-4-2)10-9-11-5-7-12(13)8-6-11/h5-8H,3-4,9-10H2,1-2H3. The van der Waals surface area contributed by atoms with Crippen LogP contribution in [-0.4, -0.2) is 19.4 Å². The summed E-state index contributed by atoms with van der Waals surface area (Å²) in [6, 6.07) is 7.96. The van der Waals surface area contributed by atoms with Crippen LogP contribution in [0.3, 0.4) is 0 Å². The van der Waals surface area contributed by atoms with E-state index in [0.717, 1.165) is 10.0 Å². The van der Waals surface area contributed by atoms with Gasteiger partial charge in [-0.2, -0.15) is 0 Å². The minimum atomic E-state index is -2.91. The summed E-state index contributed by atoms with van der Waals surface area (Å²) < 4.78 is 23.7. The number of halogens is 1. The SMILES string of the molecule is CCOP(=O)(CCc1ccc(Br)cc1)OCC. The summed E-state index contributed by atoms with van der Waals surface area (Å²) in [6.07, 6.45) is 1.13. The molecule has 0 unspecified atom stereocenters. The molecule has 0 amide bonds. The molecule has 0 fully saturated rings. The third-order valence-electron chi connectivity index (χ3n) is 2.24. The van der Waals surface area contributed by atoms with Crippen LogP contribution >= 0.6 is 23.5 Å². The Bertz CT molecular complexity index is 368. The third-order valence-corrected chi connectivity index (χ3v) is 4.84. The Hall–Kier alpha value is -0.150. The van der Waals surface area contributed by atoms with E-state index in [9.17, 15) is 4.57 Å². The molecule has 0 spiro atoms. The molecule has 1 aromatic rings. The van der Waals surface area contributed by atoms with E-state index in [2.05, 4.69) is 15.9 Å². The zero-order valence-corrected chi connectivity index (χ0v) is 12.7. The lowest BCUT2D eigenvalue weighted by Gasteiger charge is -2.16. The van der Waals surface area contributed by atoms with Crippen molar-refractivity contribution in [1.82, 2.24) is 0 Å². The Balaban J connectivity index is 2.57. The summed E-state index contributed by atoms with van der Waals surface area (Å²) >= 11 is 3.38.